The van der Waals surface area contributed by atoms with Crippen molar-refractivity contribution in [1.82, 2.24) is 10.2 Å². The Labute approximate surface area is 154 Å². The maximum absolute atomic E-state index is 13.0. The molecule has 1 aliphatic heterocycles. The van der Waals surface area contributed by atoms with Crippen molar-refractivity contribution in [2.24, 2.45) is 5.92 Å². The molecule has 6 nitrogen and oxygen atoms in total. The minimum absolute atomic E-state index is 0.0601. The quantitative estimate of drug-likeness (QED) is 0.718. The van der Waals surface area contributed by atoms with Crippen molar-refractivity contribution in [3.63, 3.8) is 0 Å². The van der Waals surface area contributed by atoms with Crippen LogP contribution in [0.2, 0.25) is 0 Å². The van der Waals surface area contributed by atoms with Crippen molar-refractivity contribution >= 4 is 15.7 Å². The molecule has 1 fully saturated rings. The van der Waals surface area contributed by atoms with Crippen LogP contribution in [0.3, 0.4) is 0 Å². The second kappa shape index (κ2) is 8.92. The Kier molecular flexibility index (Phi) is 7.14. The van der Waals surface area contributed by atoms with Gasteiger partial charge in [-0.15, -0.1) is 0 Å². The summed E-state index contributed by atoms with van der Waals surface area (Å²) in [6.45, 7) is 8.78. The minimum atomic E-state index is -3.86. The number of rotatable bonds is 7. The highest BCUT2D eigenvalue weighted by Gasteiger charge is 2.31. The van der Waals surface area contributed by atoms with Crippen LogP contribution in [-0.4, -0.2) is 63.4 Å². The number of nitrogens with zero attached hydrogens (tertiary/aromatic N) is 1. The molecule has 1 aliphatic rings. The normalized spacial score (nSPS) is 18.5. The number of sulfone groups is 1. The maximum Gasteiger partial charge on any atom is 0.238 e. The number of morpholine rings is 1. The number of hydrogen-bond donors (Lipinski definition) is 1. The fourth-order valence-electron chi connectivity index (χ4n) is 3.01. The van der Waals surface area contributed by atoms with Gasteiger partial charge in [0.15, 0.2) is 9.84 Å². The Balaban J connectivity index is 2.01. The summed E-state index contributed by atoms with van der Waals surface area (Å²) in [5.41, 5.74) is 0. The third-order valence-electron chi connectivity index (χ3n) is 4.75. The Morgan fingerprint density at radius 2 is 1.77 bits per heavy atom. The van der Waals surface area contributed by atoms with Crippen molar-refractivity contribution in [3.05, 3.63) is 30.1 Å². The number of ether oxygens (including phenoxy) is 1. The smallest absolute Gasteiger partial charge is 0.238 e. The summed E-state index contributed by atoms with van der Waals surface area (Å²) in [6.07, 6.45) is 0. The maximum atomic E-state index is 13.0. The van der Waals surface area contributed by atoms with Crippen LogP contribution in [0.15, 0.2) is 29.2 Å². The molecule has 0 aromatic heterocycles. The highest BCUT2D eigenvalue weighted by molar-refractivity contribution is 7.92. The lowest BCUT2D eigenvalue weighted by Gasteiger charge is -2.37. The molecule has 2 atom stereocenters. The predicted octanol–water partition coefficient (Wildman–Crippen LogP) is 1.46. The van der Waals surface area contributed by atoms with Crippen molar-refractivity contribution in [2.75, 3.05) is 32.8 Å². The van der Waals surface area contributed by atoms with E-state index in [9.17, 15) is 17.6 Å². The molecule has 0 aliphatic carbocycles. The summed E-state index contributed by atoms with van der Waals surface area (Å²) < 4.78 is 43.5. The van der Waals surface area contributed by atoms with E-state index in [0.717, 1.165) is 25.2 Å². The first-order valence-corrected chi connectivity index (χ1v) is 10.4. The van der Waals surface area contributed by atoms with E-state index < -0.39 is 26.8 Å². The minimum Gasteiger partial charge on any atom is -0.379 e. The average molecular weight is 386 g/mol. The number of benzene rings is 1. The largest absolute Gasteiger partial charge is 0.379 e. The third-order valence-corrected chi connectivity index (χ3v) is 6.82. The van der Waals surface area contributed by atoms with Crippen LogP contribution >= 0.6 is 0 Å². The number of hydrogen-bond acceptors (Lipinski definition) is 5. The van der Waals surface area contributed by atoms with Gasteiger partial charge in [0, 0.05) is 25.7 Å². The number of carbonyl (C=O) groups excluding carboxylic acids is 1. The van der Waals surface area contributed by atoms with Gasteiger partial charge >= 0.3 is 0 Å². The Hall–Kier alpha value is -1.51. The van der Waals surface area contributed by atoms with Crippen molar-refractivity contribution < 1.29 is 22.3 Å². The fraction of sp³-hybridized carbons (Fsp3) is 0.611. The monoisotopic (exact) mass is 386 g/mol. The molecule has 1 amide bonds. The zero-order valence-corrected chi connectivity index (χ0v) is 16.3. The molecule has 2 unspecified atom stereocenters. The van der Waals surface area contributed by atoms with Gasteiger partial charge in [-0.25, -0.2) is 12.8 Å². The molecule has 2 rings (SSSR count). The SMILES string of the molecule is CC(C)C(CNC(=O)C(C)S(=O)(=O)c1ccc(F)cc1)N1CCOCC1. The average Bonchev–Trinajstić information content (AvgIpc) is 2.62. The Morgan fingerprint density at radius 3 is 2.31 bits per heavy atom. The van der Waals surface area contributed by atoms with Crippen LogP contribution in [0.1, 0.15) is 20.8 Å². The zero-order valence-electron chi connectivity index (χ0n) is 15.4. The van der Waals surface area contributed by atoms with Crippen LogP contribution in [-0.2, 0) is 19.4 Å². The molecule has 1 aromatic carbocycles. The first-order chi connectivity index (χ1) is 12.2. The summed E-state index contributed by atoms with van der Waals surface area (Å²) in [7, 11) is -3.86. The molecule has 1 heterocycles. The topological polar surface area (TPSA) is 75.7 Å². The van der Waals surface area contributed by atoms with E-state index in [4.69, 9.17) is 4.74 Å². The molecule has 1 aromatic rings. The lowest BCUT2D eigenvalue weighted by molar-refractivity contribution is -0.120. The van der Waals surface area contributed by atoms with E-state index in [1.165, 1.54) is 19.1 Å². The molecule has 26 heavy (non-hydrogen) atoms. The molecule has 0 saturated carbocycles. The van der Waals surface area contributed by atoms with Crippen LogP contribution in [0.5, 0.6) is 0 Å². The second-order valence-corrected chi connectivity index (χ2v) is 9.11. The van der Waals surface area contributed by atoms with E-state index in [1.807, 2.05) is 0 Å². The highest BCUT2D eigenvalue weighted by Crippen LogP contribution is 2.17. The lowest BCUT2D eigenvalue weighted by atomic mass is 10.0. The highest BCUT2D eigenvalue weighted by atomic mass is 32.2. The molecule has 1 N–H and O–H groups in total. The summed E-state index contributed by atoms with van der Waals surface area (Å²) in [5, 5.41) is 1.53. The van der Waals surface area contributed by atoms with Crippen LogP contribution < -0.4 is 5.32 Å². The third kappa shape index (κ3) is 5.02. The number of nitrogens with one attached hydrogen (secondary N) is 1. The first kappa shape index (κ1) is 20.8. The lowest BCUT2D eigenvalue weighted by Crippen LogP contribution is -2.52. The molecule has 0 spiro atoms. The van der Waals surface area contributed by atoms with Gasteiger partial charge in [-0.2, -0.15) is 0 Å². The van der Waals surface area contributed by atoms with Gasteiger partial charge in [-0.05, 0) is 37.1 Å². The Morgan fingerprint density at radius 1 is 1.19 bits per heavy atom. The van der Waals surface area contributed by atoms with E-state index >= 15 is 0 Å². The molecule has 0 radical (unpaired) electrons. The molecular weight excluding hydrogens is 359 g/mol. The second-order valence-electron chi connectivity index (χ2n) is 6.85. The van der Waals surface area contributed by atoms with E-state index in [2.05, 4.69) is 24.1 Å². The molecule has 8 heteroatoms. The summed E-state index contributed by atoms with van der Waals surface area (Å²) in [6, 6.07) is 4.62. The summed E-state index contributed by atoms with van der Waals surface area (Å²) in [5.74, 6) is -0.767. The number of carbonyl (C=O) groups is 1. The van der Waals surface area contributed by atoms with Crippen molar-refractivity contribution in [3.8, 4) is 0 Å². The van der Waals surface area contributed by atoms with Crippen LogP contribution in [0.4, 0.5) is 4.39 Å². The van der Waals surface area contributed by atoms with Gasteiger partial charge in [0.05, 0.1) is 18.1 Å². The van der Waals surface area contributed by atoms with Crippen molar-refractivity contribution in [2.45, 2.75) is 37.0 Å². The molecule has 146 valence electrons. The first-order valence-electron chi connectivity index (χ1n) is 8.82. The zero-order chi connectivity index (χ0) is 19.3. The van der Waals surface area contributed by atoms with Crippen molar-refractivity contribution in [1.29, 1.82) is 0 Å². The molecular formula is C18H27FN2O4S. The molecule has 1 saturated heterocycles. The number of halogens is 1. The van der Waals surface area contributed by atoms with Crippen LogP contribution in [0, 0.1) is 11.7 Å². The van der Waals surface area contributed by atoms with Gasteiger partial charge in [0.2, 0.25) is 5.91 Å². The van der Waals surface area contributed by atoms with E-state index in [-0.39, 0.29) is 10.9 Å². The van der Waals surface area contributed by atoms with E-state index in [0.29, 0.717) is 25.7 Å². The van der Waals surface area contributed by atoms with Gasteiger partial charge < -0.3 is 10.1 Å². The predicted molar refractivity (Wildman–Crippen MR) is 97.1 cm³/mol. The van der Waals surface area contributed by atoms with Gasteiger partial charge in [0.1, 0.15) is 11.1 Å². The summed E-state index contributed by atoms with van der Waals surface area (Å²) >= 11 is 0. The fourth-order valence-corrected chi connectivity index (χ4v) is 4.30. The van der Waals surface area contributed by atoms with Gasteiger partial charge in [-0.3, -0.25) is 9.69 Å². The van der Waals surface area contributed by atoms with Gasteiger partial charge in [0.25, 0.3) is 0 Å². The molecule has 0 bridgehead atoms. The van der Waals surface area contributed by atoms with E-state index in [1.54, 1.807) is 0 Å². The standard InChI is InChI=1S/C18H27FN2O4S/c1-13(2)17(21-8-10-25-11-9-21)12-20-18(22)14(3)26(23,24)16-6-4-15(19)5-7-16/h4-7,13-14,17H,8-12H2,1-3H3,(H,20,22). The Bertz CT molecular complexity index is 700. The summed E-state index contributed by atoms with van der Waals surface area (Å²) in [4.78, 5) is 14.6. The van der Waals surface area contributed by atoms with Gasteiger partial charge in [-0.1, -0.05) is 13.8 Å². The number of amides is 1. The van der Waals surface area contributed by atoms with Crippen LogP contribution in [0.25, 0.3) is 0 Å².